The first-order valence-corrected chi connectivity index (χ1v) is 9.51. The lowest BCUT2D eigenvalue weighted by atomic mass is 10.0. The van der Waals surface area contributed by atoms with Crippen molar-refractivity contribution in [3.63, 3.8) is 0 Å². The maximum Gasteiger partial charge on any atom is 0.418 e. The molecule has 4 rings (SSSR count). The molecule has 1 heterocycles. The molecule has 0 N–H and O–H groups in total. The molecule has 0 aliphatic carbocycles. The Hall–Kier alpha value is -2.28. The van der Waals surface area contributed by atoms with Crippen LogP contribution in [-0.4, -0.2) is 4.57 Å². The van der Waals surface area contributed by atoms with E-state index in [-0.39, 0.29) is 3.57 Å². The molecule has 0 spiro atoms. The molecule has 3 aromatic carbocycles. The Bertz CT molecular complexity index is 1090. The predicted octanol–water partition coefficient (Wildman–Crippen LogP) is 6.98. The molecule has 0 radical (unpaired) electrons. The summed E-state index contributed by atoms with van der Waals surface area (Å²) >= 11 is 1.83. The number of aromatic nitrogens is 1. The molecule has 27 heavy (non-hydrogen) atoms. The third kappa shape index (κ3) is 3.48. The first-order valence-electron chi connectivity index (χ1n) is 8.43. The van der Waals surface area contributed by atoms with Crippen molar-refractivity contribution in [1.82, 2.24) is 4.57 Å². The Morgan fingerprint density at radius 3 is 2.22 bits per heavy atom. The summed E-state index contributed by atoms with van der Waals surface area (Å²) in [6.07, 6.45) is -3.16. The van der Waals surface area contributed by atoms with Gasteiger partial charge in [-0.3, -0.25) is 0 Å². The van der Waals surface area contributed by atoms with Crippen molar-refractivity contribution in [3.05, 3.63) is 93.7 Å². The summed E-state index contributed by atoms with van der Waals surface area (Å²) < 4.78 is 42.7. The zero-order valence-electron chi connectivity index (χ0n) is 14.2. The first-order chi connectivity index (χ1) is 12.9. The van der Waals surface area contributed by atoms with Crippen LogP contribution < -0.4 is 0 Å². The SMILES string of the molecule is FC(F)(F)c1cn(Cc2ccccc2)c(-c2cccc3ccccc23)c1I. The fourth-order valence-electron chi connectivity index (χ4n) is 3.34. The van der Waals surface area contributed by atoms with Gasteiger partial charge in [0.05, 0.1) is 14.8 Å². The predicted molar refractivity (Wildman–Crippen MR) is 111 cm³/mol. The van der Waals surface area contributed by atoms with Crippen molar-refractivity contribution >= 4 is 33.4 Å². The van der Waals surface area contributed by atoms with E-state index >= 15 is 0 Å². The Labute approximate surface area is 168 Å². The molecule has 0 amide bonds. The summed E-state index contributed by atoms with van der Waals surface area (Å²) in [5.41, 5.74) is 1.77. The lowest BCUT2D eigenvalue weighted by molar-refractivity contribution is -0.138. The number of nitrogens with zero attached hydrogens (tertiary/aromatic N) is 1. The molecule has 0 unspecified atom stereocenters. The highest BCUT2D eigenvalue weighted by Gasteiger charge is 2.36. The minimum atomic E-state index is -4.39. The summed E-state index contributed by atoms with van der Waals surface area (Å²) in [7, 11) is 0. The Morgan fingerprint density at radius 1 is 0.815 bits per heavy atom. The van der Waals surface area contributed by atoms with Crippen LogP contribution in [0.5, 0.6) is 0 Å². The van der Waals surface area contributed by atoms with Gasteiger partial charge in [-0.25, -0.2) is 0 Å². The second-order valence-corrected chi connectivity index (χ2v) is 7.42. The minimum absolute atomic E-state index is 0.229. The third-order valence-electron chi connectivity index (χ3n) is 4.56. The van der Waals surface area contributed by atoms with Gasteiger partial charge in [-0.1, -0.05) is 72.8 Å². The largest absolute Gasteiger partial charge is 0.418 e. The Balaban J connectivity index is 1.96. The number of rotatable bonds is 3. The van der Waals surface area contributed by atoms with Crippen molar-refractivity contribution in [2.45, 2.75) is 12.7 Å². The molecular formula is C22H15F3IN. The third-order valence-corrected chi connectivity index (χ3v) is 5.65. The Morgan fingerprint density at radius 2 is 1.48 bits per heavy atom. The zero-order valence-corrected chi connectivity index (χ0v) is 16.3. The fraction of sp³-hybridized carbons (Fsp3) is 0.0909. The van der Waals surface area contributed by atoms with Crippen LogP contribution in [0.25, 0.3) is 22.0 Å². The molecule has 0 atom stereocenters. The van der Waals surface area contributed by atoms with Crippen LogP contribution in [0.15, 0.2) is 79.0 Å². The van der Waals surface area contributed by atoms with Crippen LogP contribution in [0.1, 0.15) is 11.1 Å². The molecule has 1 nitrogen and oxygen atoms in total. The lowest BCUT2D eigenvalue weighted by Gasteiger charge is -2.13. The average molecular weight is 477 g/mol. The number of hydrogen-bond acceptors (Lipinski definition) is 0. The van der Waals surface area contributed by atoms with Gasteiger partial charge < -0.3 is 4.57 Å². The van der Waals surface area contributed by atoms with Crippen LogP contribution in [0, 0.1) is 3.57 Å². The normalized spacial score (nSPS) is 11.9. The van der Waals surface area contributed by atoms with Crippen LogP contribution in [-0.2, 0) is 12.7 Å². The van der Waals surface area contributed by atoms with Gasteiger partial charge >= 0.3 is 6.18 Å². The molecule has 0 aliphatic rings. The maximum absolute atomic E-state index is 13.6. The van der Waals surface area contributed by atoms with Gasteiger partial charge in [0.1, 0.15) is 0 Å². The monoisotopic (exact) mass is 477 g/mol. The van der Waals surface area contributed by atoms with Crippen molar-refractivity contribution < 1.29 is 13.2 Å². The van der Waals surface area contributed by atoms with Crippen LogP contribution in [0.3, 0.4) is 0 Å². The maximum atomic E-state index is 13.6. The van der Waals surface area contributed by atoms with Crippen molar-refractivity contribution in [2.75, 3.05) is 0 Å². The van der Waals surface area contributed by atoms with Crippen LogP contribution in [0.4, 0.5) is 13.2 Å². The van der Waals surface area contributed by atoms with Crippen LogP contribution >= 0.6 is 22.6 Å². The highest BCUT2D eigenvalue weighted by atomic mass is 127. The first kappa shape index (κ1) is 18.1. The number of alkyl halides is 3. The van der Waals surface area contributed by atoms with E-state index in [0.717, 1.165) is 21.9 Å². The van der Waals surface area contributed by atoms with Gasteiger partial charge in [-0.2, -0.15) is 13.2 Å². The van der Waals surface area contributed by atoms with Crippen molar-refractivity contribution in [1.29, 1.82) is 0 Å². The van der Waals surface area contributed by atoms with Gasteiger partial charge in [-0.15, -0.1) is 0 Å². The van der Waals surface area contributed by atoms with Crippen LogP contribution in [0.2, 0.25) is 0 Å². The molecule has 0 saturated heterocycles. The summed E-state index contributed by atoms with van der Waals surface area (Å²) in [6.45, 7) is 0.380. The lowest BCUT2D eigenvalue weighted by Crippen LogP contribution is -2.05. The molecule has 0 bridgehead atoms. The van der Waals surface area contributed by atoms with Gasteiger partial charge in [0.2, 0.25) is 0 Å². The summed E-state index contributed by atoms with van der Waals surface area (Å²) in [6, 6.07) is 23.1. The van der Waals surface area contributed by atoms with Gasteiger partial charge in [0.25, 0.3) is 0 Å². The number of fused-ring (bicyclic) bond motifs is 1. The van der Waals surface area contributed by atoms with Crippen molar-refractivity contribution in [3.8, 4) is 11.3 Å². The highest BCUT2D eigenvalue weighted by molar-refractivity contribution is 14.1. The molecule has 136 valence electrons. The van der Waals surface area contributed by atoms with E-state index in [0.29, 0.717) is 12.2 Å². The fourth-order valence-corrected chi connectivity index (χ4v) is 4.38. The van der Waals surface area contributed by atoms with E-state index < -0.39 is 11.7 Å². The number of benzene rings is 3. The van der Waals surface area contributed by atoms with E-state index in [1.807, 2.05) is 95.4 Å². The van der Waals surface area contributed by atoms with Crippen molar-refractivity contribution in [2.24, 2.45) is 0 Å². The Kier molecular flexibility index (Phi) is 4.72. The number of halogens is 4. The van der Waals surface area contributed by atoms with Gasteiger partial charge in [0, 0.05) is 18.3 Å². The summed E-state index contributed by atoms with van der Waals surface area (Å²) in [5, 5.41) is 1.95. The minimum Gasteiger partial charge on any atom is -0.342 e. The van der Waals surface area contributed by atoms with E-state index in [4.69, 9.17) is 0 Å². The molecule has 0 saturated carbocycles. The molecular weight excluding hydrogens is 462 g/mol. The molecule has 4 aromatic rings. The molecule has 0 aliphatic heterocycles. The summed E-state index contributed by atoms with van der Waals surface area (Å²) in [5.74, 6) is 0. The smallest absolute Gasteiger partial charge is 0.342 e. The quantitative estimate of drug-likeness (QED) is 0.281. The van der Waals surface area contributed by atoms with Gasteiger partial charge in [-0.05, 0) is 38.9 Å². The van der Waals surface area contributed by atoms with E-state index in [2.05, 4.69) is 0 Å². The van der Waals surface area contributed by atoms with Gasteiger partial charge in [0.15, 0.2) is 0 Å². The molecule has 0 fully saturated rings. The molecule has 5 heteroatoms. The zero-order chi connectivity index (χ0) is 19.0. The number of hydrogen-bond donors (Lipinski definition) is 0. The summed E-state index contributed by atoms with van der Waals surface area (Å²) in [4.78, 5) is 0. The standard InChI is InChI=1S/C22H15F3IN/c23-22(24,25)19-14-27(13-15-7-2-1-3-8-15)21(20(19)26)18-12-6-10-16-9-4-5-11-17(16)18/h1-12,14H,13H2. The second kappa shape index (κ2) is 7.03. The average Bonchev–Trinajstić information content (AvgIpc) is 2.98. The van der Waals surface area contributed by atoms with E-state index in [1.165, 1.54) is 6.20 Å². The topological polar surface area (TPSA) is 4.93 Å². The molecule has 1 aromatic heterocycles. The second-order valence-electron chi connectivity index (χ2n) is 6.34. The van der Waals surface area contributed by atoms with E-state index in [1.54, 1.807) is 4.57 Å². The van der Waals surface area contributed by atoms with E-state index in [9.17, 15) is 13.2 Å². The highest BCUT2D eigenvalue weighted by Crippen LogP contribution is 2.41.